The maximum atomic E-state index is 12.7. The molecule has 0 saturated carbocycles. The van der Waals surface area contributed by atoms with E-state index in [1.54, 1.807) is 17.9 Å². The van der Waals surface area contributed by atoms with Crippen LogP contribution < -0.4 is 10.6 Å². The number of rotatable bonds is 9. The number of carbonyl (C=O) groups excluding carboxylic acids is 1. The Morgan fingerprint density at radius 3 is 2.26 bits per heavy atom. The number of aromatic nitrogens is 2. The van der Waals surface area contributed by atoms with Crippen molar-refractivity contribution in [3.63, 3.8) is 0 Å². The molecule has 1 heterocycles. The maximum absolute atomic E-state index is 12.7. The lowest BCUT2D eigenvalue weighted by Gasteiger charge is -2.30. The first-order chi connectivity index (χ1) is 12.1. The number of nitrogens with zero attached hydrogens (tertiary/aromatic N) is 3. The predicted molar refractivity (Wildman–Crippen MR) is 115 cm³/mol. The van der Waals surface area contributed by atoms with Crippen molar-refractivity contribution in [3.05, 3.63) is 53.9 Å². The summed E-state index contributed by atoms with van der Waals surface area (Å²) in [5.74, 6) is -0.0383. The number of nitrogens with one attached hydrogen (secondary N) is 2. The van der Waals surface area contributed by atoms with Crippen molar-refractivity contribution in [2.45, 2.75) is 25.9 Å². The third-order valence-corrected chi connectivity index (χ3v) is 4.52. The minimum Gasteiger partial charge on any atom is -0.353 e. The zero-order chi connectivity index (χ0) is 18.2. The van der Waals surface area contributed by atoms with Gasteiger partial charge in [-0.1, -0.05) is 44.2 Å². The normalized spacial score (nSPS) is 12.6. The highest BCUT2D eigenvalue weighted by atomic mass is 35.5. The molecule has 0 fully saturated rings. The third kappa shape index (κ3) is 6.81. The molecule has 8 heteroatoms. The van der Waals surface area contributed by atoms with Crippen LogP contribution in [0.1, 0.15) is 37.1 Å². The molecule has 2 N–H and O–H groups in total. The molecule has 152 valence electrons. The number of hydrogen-bond donors (Lipinski definition) is 2. The van der Waals surface area contributed by atoms with Gasteiger partial charge in [-0.05, 0) is 25.7 Å². The van der Waals surface area contributed by atoms with Crippen LogP contribution in [0.4, 0.5) is 0 Å². The molecule has 2 atom stereocenters. The van der Waals surface area contributed by atoms with Crippen LogP contribution in [0.5, 0.6) is 0 Å². The van der Waals surface area contributed by atoms with Crippen LogP contribution in [0.15, 0.2) is 42.7 Å². The fraction of sp³-hybridized carbons (Fsp3) is 0.474. The minimum absolute atomic E-state index is 0. The Bertz CT molecular complexity index is 661. The van der Waals surface area contributed by atoms with Gasteiger partial charge >= 0.3 is 0 Å². The van der Waals surface area contributed by atoms with E-state index in [-0.39, 0.29) is 36.8 Å². The molecule has 1 amide bonds. The van der Waals surface area contributed by atoms with Crippen LogP contribution in [0.25, 0.3) is 0 Å². The van der Waals surface area contributed by atoms with Gasteiger partial charge in [-0.15, -0.1) is 24.8 Å². The summed E-state index contributed by atoms with van der Waals surface area (Å²) in [6.45, 7) is 6.73. The lowest BCUT2D eigenvalue weighted by Crippen LogP contribution is -2.42. The van der Waals surface area contributed by atoms with E-state index in [4.69, 9.17) is 0 Å². The van der Waals surface area contributed by atoms with Crippen LogP contribution in [0, 0.1) is 0 Å². The zero-order valence-corrected chi connectivity index (χ0v) is 18.0. The third-order valence-electron chi connectivity index (χ3n) is 4.52. The van der Waals surface area contributed by atoms with E-state index in [9.17, 15) is 4.79 Å². The first-order valence-electron chi connectivity index (χ1n) is 8.83. The van der Waals surface area contributed by atoms with Gasteiger partial charge in [-0.3, -0.25) is 14.4 Å². The van der Waals surface area contributed by atoms with E-state index in [0.29, 0.717) is 6.54 Å². The summed E-state index contributed by atoms with van der Waals surface area (Å²) >= 11 is 0. The van der Waals surface area contributed by atoms with Crippen LogP contribution in [0.3, 0.4) is 0 Å². The van der Waals surface area contributed by atoms with E-state index >= 15 is 0 Å². The lowest BCUT2D eigenvalue weighted by molar-refractivity contribution is -0.123. The van der Waals surface area contributed by atoms with E-state index in [0.717, 1.165) is 18.7 Å². The molecule has 0 radical (unpaired) electrons. The van der Waals surface area contributed by atoms with Gasteiger partial charge in [0.25, 0.3) is 0 Å². The summed E-state index contributed by atoms with van der Waals surface area (Å²) < 4.78 is 1.70. The van der Waals surface area contributed by atoms with Gasteiger partial charge in [0.1, 0.15) is 6.04 Å². The summed E-state index contributed by atoms with van der Waals surface area (Å²) in [5.41, 5.74) is 2.08. The van der Waals surface area contributed by atoms with E-state index < -0.39 is 6.04 Å². The van der Waals surface area contributed by atoms with Crippen LogP contribution in [-0.4, -0.2) is 47.3 Å². The second-order valence-corrected chi connectivity index (χ2v) is 6.06. The van der Waals surface area contributed by atoms with Gasteiger partial charge in [-0.25, -0.2) is 0 Å². The smallest absolute Gasteiger partial charge is 0.241 e. The Morgan fingerprint density at radius 1 is 1.15 bits per heavy atom. The van der Waals surface area contributed by atoms with E-state index in [1.165, 1.54) is 5.56 Å². The summed E-state index contributed by atoms with van der Waals surface area (Å²) in [6.07, 6.45) is 3.58. The maximum Gasteiger partial charge on any atom is 0.241 e. The first-order valence-corrected chi connectivity index (χ1v) is 8.83. The highest BCUT2D eigenvalue weighted by Gasteiger charge is 2.23. The fourth-order valence-electron chi connectivity index (χ4n) is 3.14. The van der Waals surface area contributed by atoms with Gasteiger partial charge in [0.15, 0.2) is 0 Å². The van der Waals surface area contributed by atoms with Crippen molar-refractivity contribution in [2.75, 3.05) is 26.7 Å². The lowest BCUT2D eigenvalue weighted by atomic mass is 10.0. The number of aryl methyl sites for hydroxylation is 1. The Morgan fingerprint density at radius 2 is 1.78 bits per heavy atom. The summed E-state index contributed by atoms with van der Waals surface area (Å²) in [6, 6.07) is 10.1. The molecular weight excluding hydrogens is 385 g/mol. The molecule has 6 nitrogen and oxygen atoms in total. The van der Waals surface area contributed by atoms with Crippen LogP contribution in [0.2, 0.25) is 0 Å². The fourth-order valence-corrected chi connectivity index (χ4v) is 3.14. The molecule has 0 aliphatic heterocycles. The first kappa shape index (κ1) is 25.4. The van der Waals surface area contributed by atoms with Gasteiger partial charge in [0.2, 0.25) is 5.91 Å². The van der Waals surface area contributed by atoms with Gasteiger partial charge < -0.3 is 10.6 Å². The molecule has 1 aromatic carbocycles. The number of hydrogen-bond acceptors (Lipinski definition) is 4. The molecule has 0 spiro atoms. The van der Waals surface area contributed by atoms with Crippen LogP contribution >= 0.6 is 24.8 Å². The largest absolute Gasteiger partial charge is 0.353 e. The van der Waals surface area contributed by atoms with Crippen molar-refractivity contribution in [1.82, 2.24) is 25.3 Å². The Kier molecular flexibility index (Phi) is 12.0. The molecule has 2 rings (SSSR count). The second kappa shape index (κ2) is 12.7. The molecule has 27 heavy (non-hydrogen) atoms. The Labute approximate surface area is 174 Å². The molecule has 2 aromatic rings. The van der Waals surface area contributed by atoms with Crippen LogP contribution in [-0.2, 0) is 11.8 Å². The van der Waals surface area contributed by atoms with E-state index in [1.807, 2.05) is 31.4 Å². The number of carbonyl (C=O) groups is 1. The SMILES string of the molecule is CCN(CC)C(CNC(=O)C(NC)c1cnn(C)c1)c1ccccc1.Cl.Cl. The van der Waals surface area contributed by atoms with Crippen molar-refractivity contribution in [2.24, 2.45) is 7.05 Å². The molecular formula is C19H31Cl2N5O. The minimum atomic E-state index is -0.401. The number of amides is 1. The predicted octanol–water partition coefficient (Wildman–Crippen LogP) is 2.72. The monoisotopic (exact) mass is 415 g/mol. The van der Waals surface area contributed by atoms with Crippen molar-refractivity contribution >= 4 is 30.7 Å². The standard InChI is InChI=1S/C19H29N5O.2ClH/c1-5-24(6-2)17(15-10-8-7-9-11-15)13-21-19(25)18(20-3)16-12-22-23(4)14-16;;/h7-12,14,17-18,20H,5-6,13H2,1-4H3,(H,21,25);2*1H. The average molecular weight is 416 g/mol. The van der Waals surface area contributed by atoms with Gasteiger partial charge in [0, 0.05) is 25.4 Å². The Hall–Kier alpha value is -1.60. The zero-order valence-electron chi connectivity index (χ0n) is 16.4. The molecule has 0 bridgehead atoms. The molecule has 0 aliphatic carbocycles. The number of likely N-dealkylation sites (N-methyl/N-ethyl adjacent to an activating group) is 2. The van der Waals surface area contributed by atoms with Gasteiger partial charge in [0.05, 0.1) is 12.2 Å². The highest BCUT2D eigenvalue weighted by molar-refractivity contribution is 5.85. The quantitative estimate of drug-likeness (QED) is 0.660. The van der Waals surface area contributed by atoms with Gasteiger partial charge in [-0.2, -0.15) is 5.10 Å². The highest BCUT2D eigenvalue weighted by Crippen LogP contribution is 2.20. The van der Waals surface area contributed by atoms with E-state index in [2.05, 4.69) is 46.6 Å². The van der Waals surface area contributed by atoms with Crippen molar-refractivity contribution < 1.29 is 4.79 Å². The molecule has 2 unspecified atom stereocenters. The summed E-state index contributed by atoms with van der Waals surface area (Å²) in [4.78, 5) is 15.0. The van der Waals surface area contributed by atoms with Crippen molar-refractivity contribution in [1.29, 1.82) is 0 Å². The average Bonchev–Trinajstić information content (AvgIpc) is 3.06. The summed E-state index contributed by atoms with van der Waals surface area (Å²) in [7, 11) is 3.64. The molecule has 1 aromatic heterocycles. The molecule has 0 saturated heterocycles. The summed E-state index contributed by atoms with van der Waals surface area (Å²) in [5, 5.41) is 10.3. The Balaban J connectivity index is 0.00000338. The topological polar surface area (TPSA) is 62.2 Å². The second-order valence-electron chi connectivity index (χ2n) is 6.06. The number of benzene rings is 1. The number of halogens is 2. The van der Waals surface area contributed by atoms with Crippen molar-refractivity contribution in [3.8, 4) is 0 Å². The molecule has 0 aliphatic rings.